The molecule has 0 aliphatic heterocycles. The summed E-state index contributed by atoms with van der Waals surface area (Å²) in [6, 6.07) is 4.79. The number of benzene rings is 1. The molecule has 0 saturated carbocycles. The largest absolute Gasteiger partial charge is 0.390 e. The molecule has 0 aliphatic carbocycles. The van der Waals surface area contributed by atoms with Crippen molar-refractivity contribution in [3.05, 3.63) is 44.8 Å². The van der Waals surface area contributed by atoms with Crippen LogP contribution in [0.1, 0.15) is 17.2 Å². The van der Waals surface area contributed by atoms with Gasteiger partial charge in [-0.1, -0.05) is 28.8 Å². The van der Waals surface area contributed by atoms with E-state index in [0.29, 0.717) is 16.1 Å². The van der Waals surface area contributed by atoms with Crippen LogP contribution in [0.5, 0.6) is 0 Å². The first kappa shape index (κ1) is 14.1. The molecule has 17 heavy (non-hydrogen) atoms. The molecule has 0 radical (unpaired) electrons. The number of hydrogen-bond donors (Lipinski definition) is 2. The lowest BCUT2D eigenvalue weighted by molar-refractivity contribution is 0.0244. The highest BCUT2D eigenvalue weighted by atomic mass is 35.5. The topological polar surface area (TPSA) is 89.2 Å². The third kappa shape index (κ3) is 3.77. The minimum absolute atomic E-state index is 0.198. The molecule has 0 heterocycles. The van der Waals surface area contributed by atoms with E-state index in [0.717, 1.165) is 0 Å². The van der Waals surface area contributed by atoms with Crippen LogP contribution in [0.15, 0.2) is 23.3 Å². The maximum Gasteiger partial charge on any atom is 0.105 e. The van der Waals surface area contributed by atoms with E-state index < -0.39 is 12.2 Å². The van der Waals surface area contributed by atoms with Gasteiger partial charge < -0.3 is 10.2 Å². The number of nitrogens with zero attached hydrogens (tertiary/aromatic N) is 3. The van der Waals surface area contributed by atoms with Crippen molar-refractivity contribution in [3.8, 4) is 0 Å². The zero-order valence-electron chi connectivity index (χ0n) is 8.79. The van der Waals surface area contributed by atoms with Crippen molar-refractivity contribution in [2.24, 2.45) is 5.11 Å². The molecule has 1 aromatic rings. The van der Waals surface area contributed by atoms with E-state index in [4.69, 9.17) is 28.7 Å². The number of azide groups is 1. The van der Waals surface area contributed by atoms with Gasteiger partial charge in [0.25, 0.3) is 0 Å². The van der Waals surface area contributed by atoms with Crippen LogP contribution < -0.4 is 0 Å². The Kier molecular flexibility index (Phi) is 5.55. The van der Waals surface area contributed by atoms with Gasteiger partial charge in [-0.2, -0.15) is 0 Å². The van der Waals surface area contributed by atoms with Gasteiger partial charge in [-0.15, -0.1) is 11.6 Å². The monoisotopic (exact) mass is 275 g/mol. The van der Waals surface area contributed by atoms with Crippen molar-refractivity contribution in [2.45, 2.75) is 18.1 Å². The first-order valence-electron chi connectivity index (χ1n) is 4.81. The minimum Gasteiger partial charge on any atom is -0.390 e. The molecule has 0 bridgehead atoms. The van der Waals surface area contributed by atoms with Gasteiger partial charge in [-0.3, -0.25) is 0 Å². The zero-order chi connectivity index (χ0) is 12.8. The van der Waals surface area contributed by atoms with Crippen molar-refractivity contribution < 1.29 is 10.2 Å². The maximum absolute atomic E-state index is 9.81. The third-order valence-electron chi connectivity index (χ3n) is 2.25. The Morgan fingerprint density at radius 2 is 2.12 bits per heavy atom. The lowest BCUT2D eigenvalue weighted by Gasteiger charge is -2.17. The summed E-state index contributed by atoms with van der Waals surface area (Å²) in [6.45, 7) is -0.198. The Balaban J connectivity index is 2.88. The Morgan fingerprint density at radius 1 is 1.41 bits per heavy atom. The van der Waals surface area contributed by atoms with E-state index in [1.54, 1.807) is 18.2 Å². The average molecular weight is 276 g/mol. The molecule has 2 atom stereocenters. The fourth-order valence-corrected chi connectivity index (χ4v) is 1.80. The van der Waals surface area contributed by atoms with E-state index in [9.17, 15) is 10.2 Å². The molecule has 1 aromatic carbocycles. The van der Waals surface area contributed by atoms with Gasteiger partial charge in [0.2, 0.25) is 0 Å². The molecular weight excluding hydrogens is 265 g/mol. The van der Waals surface area contributed by atoms with Crippen molar-refractivity contribution in [2.75, 3.05) is 6.54 Å². The molecule has 0 fully saturated rings. The van der Waals surface area contributed by atoms with Crippen LogP contribution in [0.2, 0.25) is 5.02 Å². The van der Waals surface area contributed by atoms with E-state index in [-0.39, 0.29) is 12.4 Å². The summed E-state index contributed by atoms with van der Waals surface area (Å²) in [5.41, 5.74) is 9.26. The van der Waals surface area contributed by atoms with Gasteiger partial charge in [-0.25, -0.2) is 0 Å². The Labute approximate surface area is 108 Å². The predicted molar refractivity (Wildman–Crippen MR) is 66.0 cm³/mol. The average Bonchev–Trinajstić information content (AvgIpc) is 2.35. The second-order valence-electron chi connectivity index (χ2n) is 3.41. The smallest absolute Gasteiger partial charge is 0.105 e. The fraction of sp³-hybridized carbons (Fsp3) is 0.400. The first-order valence-corrected chi connectivity index (χ1v) is 5.72. The lowest BCUT2D eigenvalue weighted by atomic mass is 10.0. The van der Waals surface area contributed by atoms with Crippen LogP contribution in [0, 0.1) is 0 Å². The number of aliphatic hydroxyl groups excluding tert-OH is 2. The lowest BCUT2D eigenvalue weighted by Crippen LogP contribution is -2.21. The minimum atomic E-state index is -1.16. The highest BCUT2D eigenvalue weighted by Gasteiger charge is 2.18. The second kappa shape index (κ2) is 6.69. The normalized spacial score (nSPS) is 13.9. The van der Waals surface area contributed by atoms with Crippen LogP contribution in [-0.4, -0.2) is 22.9 Å². The van der Waals surface area contributed by atoms with Gasteiger partial charge in [0.05, 0.1) is 12.6 Å². The van der Waals surface area contributed by atoms with Gasteiger partial charge >= 0.3 is 0 Å². The number of halogens is 2. The third-order valence-corrected chi connectivity index (χ3v) is 2.91. The summed E-state index contributed by atoms with van der Waals surface area (Å²) >= 11 is 11.5. The number of rotatable bonds is 5. The Morgan fingerprint density at radius 3 is 2.71 bits per heavy atom. The van der Waals surface area contributed by atoms with Crippen LogP contribution in [0.3, 0.4) is 0 Å². The molecule has 2 N–H and O–H groups in total. The zero-order valence-corrected chi connectivity index (χ0v) is 10.3. The van der Waals surface area contributed by atoms with E-state index in [2.05, 4.69) is 10.0 Å². The van der Waals surface area contributed by atoms with Crippen molar-refractivity contribution >= 4 is 23.2 Å². The number of aliphatic hydroxyl groups is 2. The van der Waals surface area contributed by atoms with Gasteiger partial charge in [0.1, 0.15) is 6.10 Å². The fourth-order valence-electron chi connectivity index (χ4n) is 1.32. The maximum atomic E-state index is 9.81. The highest BCUT2D eigenvalue weighted by molar-refractivity contribution is 6.32. The molecule has 92 valence electrons. The molecule has 2 unspecified atom stereocenters. The summed E-state index contributed by atoms with van der Waals surface area (Å²) in [7, 11) is 0. The molecule has 1 rings (SSSR count). The van der Waals surface area contributed by atoms with Crippen molar-refractivity contribution in [1.82, 2.24) is 0 Å². The van der Waals surface area contributed by atoms with Crippen LogP contribution in [0.25, 0.3) is 10.4 Å². The van der Waals surface area contributed by atoms with Crippen molar-refractivity contribution in [1.29, 1.82) is 0 Å². The molecule has 0 saturated heterocycles. The summed E-state index contributed by atoms with van der Waals surface area (Å²) < 4.78 is 0. The van der Waals surface area contributed by atoms with Gasteiger partial charge in [0.15, 0.2) is 0 Å². The van der Waals surface area contributed by atoms with Crippen LogP contribution >= 0.6 is 23.2 Å². The first-order chi connectivity index (χ1) is 8.10. The number of alkyl halides is 1. The molecule has 0 aromatic heterocycles. The Hall–Kier alpha value is -0.970. The molecular formula is C10H11Cl2N3O2. The Bertz CT molecular complexity index is 436. The van der Waals surface area contributed by atoms with E-state index >= 15 is 0 Å². The van der Waals surface area contributed by atoms with E-state index in [1.807, 2.05) is 0 Å². The number of hydrogen-bond acceptors (Lipinski definition) is 3. The molecule has 0 aliphatic rings. The summed E-state index contributed by atoms with van der Waals surface area (Å²) in [6.07, 6.45) is -2.30. The summed E-state index contributed by atoms with van der Waals surface area (Å²) in [4.78, 5) is 2.51. The second-order valence-corrected chi connectivity index (χ2v) is 4.08. The quantitative estimate of drug-likeness (QED) is 0.375. The van der Waals surface area contributed by atoms with Crippen LogP contribution in [0.4, 0.5) is 0 Å². The molecule has 0 spiro atoms. The van der Waals surface area contributed by atoms with E-state index in [1.165, 1.54) is 0 Å². The summed E-state index contributed by atoms with van der Waals surface area (Å²) in [5.74, 6) is 0.214. The molecule has 5 nitrogen and oxygen atoms in total. The van der Waals surface area contributed by atoms with Gasteiger partial charge in [-0.05, 0) is 22.7 Å². The molecule has 7 heteroatoms. The van der Waals surface area contributed by atoms with Crippen molar-refractivity contribution in [3.63, 3.8) is 0 Å². The predicted octanol–water partition coefficient (Wildman–Crippen LogP) is 2.78. The molecule has 0 amide bonds. The standard InChI is InChI=1S/C10H11Cl2N3O2/c11-4-7-3-6(1-2-8(7)12)10(17)9(16)5-14-15-13/h1-3,9-10,16-17H,4-5H2. The summed E-state index contributed by atoms with van der Waals surface area (Å²) in [5, 5.41) is 23.1. The highest BCUT2D eigenvalue weighted by Crippen LogP contribution is 2.24. The SMILES string of the molecule is [N-]=[N+]=NCC(O)C(O)c1ccc(Cl)c(CCl)c1. The van der Waals surface area contributed by atoms with Crippen LogP contribution in [-0.2, 0) is 5.88 Å². The van der Waals surface area contributed by atoms with Gasteiger partial charge in [0, 0.05) is 15.8 Å².